The summed E-state index contributed by atoms with van der Waals surface area (Å²) in [7, 11) is 0. The third-order valence-corrected chi connectivity index (χ3v) is 7.11. The molecule has 1 aliphatic rings. The van der Waals surface area contributed by atoms with Crippen LogP contribution in [0.3, 0.4) is 0 Å². The number of aryl methyl sites for hydroxylation is 1. The van der Waals surface area contributed by atoms with Crippen LogP contribution in [0, 0.1) is 12.7 Å². The number of hydrogen-bond donors (Lipinski definition) is 2. The summed E-state index contributed by atoms with van der Waals surface area (Å²) in [6.45, 7) is 2.63. The number of aliphatic hydroxyl groups excluding tert-OH is 1. The molecule has 0 aliphatic carbocycles. The molecule has 0 radical (unpaired) electrons. The van der Waals surface area contributed by atoms with Crippen LogP contribution in [-0.4, -0.2) is 57.5 Å². The largest absolute Gasteiger partial charge is 0.418 e. The smallest absolute Gasteiger partial charge is 0.404 e. The van der Waals surface area contributed by atoms with Crippen LogP contribution < -0.4 is 5.73 Å². The van der Waals surface area contributed by atoms with Crippen molar-refractivity contribution in [3.63, 3.8) is 0 Å². The number of benzene rings is 2. The molecule has 1 aliphatic heterocycles. The number of hydrogen-bond acceptors (Lipinski definition) is 7. The Morgan fingerprint density at radius 1 is 1.18 bits per heavy atom. The van der Waals surface area contributed by atoms with Crippen LogP contribution in [-0.2, 0) is 21.8 Å². The molecule has 2 unspecified atom stereocenters. The fourth-order valence-corrected chi connectivity index (χ4v) is 4.65. The quantitative estimate of drug-likeness (QED) is 0.204. The van der Waals surface area contributed by atoms with Crippen molar-refractivity contribution >= 4 is 35.0 Å². The summed E-state index contributed by atoms with van der Waals surface area (Å²) >= 11 is 11.6. The molecule has 0 bridgehead atoms. The van der Waals surface area contributed by atoms with Gasteiger partial charge >= 0.3 is 12.4 Å². The number of halogens is 9. The normalized spacial score (nSPS) is 19.3. The van der Waals surface area contributed by atoms with Gasteiger partial charge in [-0.15, -0.1) is 0 Å². The van der Waals surface area contributed by atoms with Gasteiger partial charge < -0.3 is 20.3 Å². The number of alkyl halides is 6. The van der Waals surface area contributed by atoms with Gasteiger partial charge in [0.15, 0.2) is 5.82 Å². The van der Waals surface area contributed by atoms with E-state index >= 15 is 0 Å². The van der Waals surface area contributed by atoms with Crippen molar-refractivity contribution in [1.82, 2.24) is 14.8 Å². The summed E-state index contributed by atoms with van der Waals surface area (Å²) < 4.78 is 109. The fraction of sp³-hybridized carbons (Fsp3) is 0.370. The van der Waals surface area contributed by atoms with Gasteiger partial charge in [0.25, 0.3) is 0 Å². The number of aromatic nitrogens is 3. The average Bonchev–Trinajstić information content (AvgIpc) is 3.31. The number of aliphatic hydroxyl groups is 1. The maximum absolute atomic E-state index is 14.1. The molecule has 4 atom stereocenters. The van der Waals surface area contributed by atoms with Gasteiger partial charge in [-0.3, -0.25) is 4.99 Å². The first kappa shape index (κ1) is 33.6. The maximum Gasteiger partial charge on any atom is 0.418 e. The predicted octanol–water partition coefficient (Wildman–Crippen LogP) is 6.34. The highest BCUT2D eigenvalue weighted by Crippen LogP contribution is 2.39. The molecule has 1 fully saturated rings. The maximum atomic E-state index is 14.1. The molecule has 2 aromatic carbocycles. The van der Waals surface area contributed by atoms with Crippen molar-refractivity contribution in [3.8, 4) is 5.69 Å². The zero-order chi connectivity index (χ0) is 32.6. The first-order chi connectivity index (χ1) is 20.5. The Labute approximate surface area is 255 Å². The average molecular weight is 670 g/mol. The van der Waals surface area contributed by atoms with E-state index in [0.29, 0.717) is 12.1 Å². The molecule has 0 amide bonds. The molecule has 3 N–H and O–H groups in total. The SMILES string of the molecule is Cc1nc(C(OC2CO[C@@H]2C)[C@@H](O)CN=CC(=CN)c2cc(F)c(Cl)cc2C(F)(F)F)n(-c2cc(Cl)ccc2C(F)(F)F)n1. The first-order valence-electron chi connectivity index (χ1n) is 12.7. The molecule has 238 valence electrons. The monoisotopic (exact) mass is 669 g/mol. The second kappa shape index (κ2) is 13.0. The Hall–Kier alpha value is -3.24. The highest BCUT2D eigenvalue weighted by atomic mass is 35.5. The predicted molar refractivity (Wildman–Crippen MR) is 147 cm³/mol. The van der Waals surface area contributed by atoms with Crippen molar-refractivity contribution in [1.29, 1.82) is 0 Å². The first-order valence-corrected chi connectivity index (χ1v) is 13.5. The van der Waals surface area contributed by atoms with E-state index in [4.69, 9.17) is 38.4 Å². The molecular formula is C27H24Cl2F7N5O3. The standard InChI is InChI=1S/C27H24Cl2F7N5O3/c1-12-23(11-43-12)44-24(25-39-13(2)40-41(25)21-5-15(28)3-4-17(21)26(31,32)33)22(42)10-38-9-14(8-37)16-6-20(30)19(29)7-18(16)27(34,35)36/h3-9,12,22-24,42H,10-11,37H2,1-2H3/t12-,22+,23?,24?/m1/s1. The Balaban J connectivity index is 1.71. The zero-order valence-corrected chi connectivity index (χ0v) is 24.3. The van der Waals surface area contributed by atoms with Crippen molar-refractivity contribution in [3.05, 3.63) is 80.7 Å². The third kappa shape index (κ3) is 7.34. The van der Waals surface area contributed by atoms with E-state index in [0.717, 1.165) is 35.3 Å². The number of allylic oxidation sites excluding steroid dienone is 1. The molecule has 3 aromatic rings. The van der Waals surface area contributed by atoms with Gasteiger partial charge in [-0.05, 0) is 49.7 Å². The molecule has 8 nitrogen and oxygen atoms in total. The topological polar surface area (TPSA) is 108 Å². The molecule has 17 heteroatoms. The van der Waals surface area contributed by atoms with Crippen molar-refractivity contribution in [2.75, 3.05) is 13.2 Å². The van der Waals surface area contributed by atoms with E-state index in [9.17, 15) is 35.8 Å². The summed E-state index contributed by atoms with van der Waals surface area (Å²) in [5.41, 5.74) is 1.65. The number of rotatable bonds is 9. The molecule has 44 heavy (non-hydrogen) atoms. The highest BCUT2D eigenvalue weighted by Gasteiger charge is 2.40. The Bertz CT molecular complexity index is 1580. The second-order valence-corrected chi connectivity index (χ2v) is 10.6. The van der Waals surface area contributed by atoms with Crippen LogP contribution in [0.15, 0.2) is 41.5 Å². The highest BCUT2D eigenvalue weighted by molar-refractivity contribution is 6.31. The van der Waals surface area contributed by atoms with Gasteiger partial charge in [0.1, 0.15) is 30.0 Å². The molecular weight excluding hydrogens is 646 g/mol. The van der Waals surface area contributed by atoms with Gasteiger partial charge in [0, 0.05) is 23.0 Å². The third-order valence-electron chi connectivity index (χ3n) is 6.58. The van der Waals surface area contributed by atoms with Gasteiger partial charge in [0.05, 0.1) is 41.1 Å². The zero-order valence-electron chi connectivity index (χ0n) is 22.8. The summed E-state index contributed by atoms with van der Waals surface area (Å²) in [4.78, 5) is 8.19. The molecule has 1 saturated heterocycles. The summed E-state index contributed by atoms with van der Waals surface area (Å²) in [5, 5.41) is 14.5. The second-order valence-electron chi connectivity index (χ2n) is 9.72. The van der Waals surface area contributed by atoms with Crippen LogP contribution in [0.4, 0.5) is 30.7 Å². The lowest BCUT2D eigenvalue weighted by Gasteiger charge is -2.37. The number of nitrogens with two attached hydrogens (primary N) is 1. The van der Waals surface area contributed by atoms with Crippen molar-refractivity contribution < 1.29 is 45.3 Å². The minimum absolute atomic E-state index is 0.0336. The lowest BCUT2D eigenvalue weighted by molar-refractivity contribution is -0.216. The molecule has 4 rings (SSSR count). The molecule has 1 aromatic heterocycles. The van der Waals surface area contributed by atoms with Gasteiger partial charge in [-0.25, -0.2) is 14.1 Å². The molecule has 0 saturated carbocycles. The van der Waals surface area contributed by atoms with Crippen LogP contribution in [0.25, 0.3) is 11.3 Å². The van der Waals surface area contributed by atoms with Crippen LogP contribution in [0.5, 0.6) is 0 Å². The van der Waals surface area contributed by atoms with Crippen LogP contribution in [0.1, 0.15) is 41.4 Å². The fourth-order valence-electron chi connectivity index (χ4n) is 4.32. The van der Waals surface area contributed by atoms with Gasteiger partial charge in [-0.2, -0.15) is 31.4 Å². The lowest BCUT2D eigenvalue weighted by Crippen LogP contribution is -2.47. The van der Waals surface area contributed by atoms with Crippen LogP contribution in [0.2, 0.25) is 10.0 Å². The number of nitrogens with zero attached hydrogens (tertiary/aromatic N) is 4. The lowest BCUT2D eigenvalue weighted by atomic mass is 10.00. The Kier molecular flexibility index (Phi) is 9.95. The Morgan fingerprint density at radius 2 is 1.86 bits per heavy atom. The van der Waals surface area contributed by atoms with E-state index in [1.807, 2.05) is 0 Å². The summed E-state index contributed by atoms with van der Waals surface area (Å²) in [5.74, 6) is -1.33. The molecule has 2 heterocycles. The summed E-state index contributed by atoms with van der Waals surface area (Å²) in [6.07, 6.45) is -12.2. The van der Waals surface area contributed by atoms with E-state index in [-0.39, 0.29) is 28.9 Å². The van der Waals surface area contributed by atoms with E-state index in [2.05, 4.69) is 15.1 Å². The van der Waals surface area contributed by atoms with Crippen molar-refractivity contribution in [2.24, 2.45) is 10.7 Å². The minimum Gasteiger partial charge on any atom is -0.404 e. The number of aliphatic imine (C=N–C) groups is 1. The molecule has 0 spiro atoms. The number of ether oxygens (including phenoxy) is 2. The van der Waals surface area contributed by atoms with Gasteiger partial charge in [-0.1, -0.05) is 23.2 Å². The van der Waals surface area contributed by atoms with E-state index in [1.165, 1.54) is 6.92 Å². The van der Waals surface area contributed by atoms with Crippen molar-refractivity contribution in [2.45, 2.75) is 50.6 Å². The van der Waals surface area contributed by atoms with Crippen LogP contribution >= 0.6 is 23.2 Å². The van der Waals surface area contributed by atoms with E-state index in [1.54, 1.807) is 6.92 Å². The Morgan fingerprint density at radius 3 is 2.43 bits per heavy atom. The minimum atomic E-state index is -4.92. The van der Waals surface area contributed by atoms with E-state index < -0.39 is 76.5 Å². The van der Waals surface area contributed by atoms with Gasteiger partial charge in [0.2, 0.25) is 0 Å². The summed E-state index contributed by atoms with van der Waals surface area (Å²) in [6, 6.07) is 3.81.